The molecule has 0 aromatic heterocycles. The van der Waals surface area contributed by atoms with Crippen molar-refractivity contribution in [3.05, 3.63) is 106 Å². The SMILES string of the molecule is C=CCc1cc(/C=C(/C#N)C(=O)Nc2ccc(C)cc2)cc(OC)c1OCc1ccc(Br)cc1. The summed E-state index contributed by atoms with van der Waals surface area (Å²) in [5.74, 6) is 0.634. The number of benzene rings is 3. The molecule has 34 heavy (non-hydrogen) atoms. The Morgan fingerprint density at radius 1 is 1.15 bits per heavy atom. The van der Waals surface area contributed by atoms with E-state index in [-0.39, 0.29) is 5.57 Å². The van der Waals surface area contributed by atoms with Gasteiger partial charge in [-0.05, 0) is 66.9 Å². The quantitative estimate of drug-likeness (QED) is 0.197. The van der Waals surface area contributed by atoms with E-state index in [9.17, 15) is 10.1 Å². The molecule has 3 aromatic rings. The number of carbonyl (C=O) groups is 1. The Morgan fingerprint density at radius 2 is 1.85 bits per heavy atom. The highest BCUT2D eigenvalue weighted by Crippen LogP contribution is 2.35. The second-order valence-electron chi connectivity index (χ2n) is 7.61. The number of hydrogen-bond acceptors (Lipinski definition) is 4. The third kappa shape index (κ3) is 6.60. The second kappa shape index (κ2) is 11.9. The molecule has 5 nitrogen and oxygen atoms in total. The Bertz CT molecular complexity index is 1240. The van der Waals surface area contributed by atoms with Crippen molar-refractivity contribution in [2.24, 2.45) is 0 Å². The van der Waals surface area contributed by atoms with E-state index in [0.717, 1.165) is 21.2 Å². The standard InChI is InChI=1S/C28H25BrN2O3/c1-4-5-22-14-21(15-23(17-30)28(32)31-25-12-6-19(2)7-13-25)16-26(33-3)27(22)34-18-20-8-10-24(29)11-9-20/h4,6-16H,1,5,18H2,2-3H3,(H,31,32)/b23-15-. The molecule has 0 unspecified atom stereocenters. The highest BCUT2D eigenvalue weighted by Gasteiger charge is 2.15. The van der Waals surface area contributed by atoms with Crippen LogP contribution in [0.4, 0.5) is 5.69 Å². The number of allylic oxidation sites excluding steroid dienone is 1. The molecule has 0 aliphatic rings. The fraction of sp³-hybridized carbons (Fsp3) is 0.143. The number of amides is 1. The fourth-order valence-corrected chi connectivity index (χ4v) is 3.54. The number of carbonyl (C=O) groups excluding carboxylic acids is 1. The van der Waals surface area contributed by atoms with Crippen LogP contribution in [0.3, 0.4) is 0 Å². The topological polar surface area (TPSA) is 71.4 Å². The van der Waals surface area contributed by atoms with Gasteiger partial charge in [-0.15, -0.1) is 6.58 Å². The van der Waals surface area contributed by atoms with Crippen LogP contribution in [0.15, 0.2) is 83.4 Å². The molecule has 0 bridgehead atoms. The minimum Gasteiger partial charge on any atom is -0.493 e. The smallest absolute Gasteiger partial charge is 0.266 e. The van der Waals surface area contributed by atoms with Crippen molar-refractivity contribution in [3.63, 3.8) is 0 Å². The summed E-state index contributed by atoms with van der Waals surface area (Å²) in [5.41, 5.74) is 4.19. The van der Waals surface area contributed by atoms with Gasteiger partial charge in [-0.1, -0.05) is 51.8 Å². The molecule has 0 fully saturated rings. The zero-order valence-corrected chi connectivity index (χ0v) is 20.7. The summed E-state index contributed by atoms with van der Waals surface area (Å²) in [4.78, 5) is 12.7. The van der Waals surface area contributed by atoms with Crippen molar-refractivity contribution in [3.8, 4) is 17.6 Å². The number of nitrogens with zero attached hydrogens (tertiary/aromatic N) is 1. The largest absolute Gasteiger partial charge is 0.493 e. The summed E-state index contributed by atoms with van der Waals surface area (Å²) >= 11 is 3.43. The molecule has 0 saturated carbocycles. The number of hydrogen-bond donors (Lipinski definition) is 1. The lowest BCUT2D eigenvalue weighted by Gasteiger charge is -2.16. The molecule has 3 aromatic carbocycles. The molecule has 172 valence electrons. The summed E-state index contributed by atoms with van der Waals surface area (Å²) in [6.45, 7) is 6.17. The van der Waals surface area contributed by atoms with Gasteiger partial charge in [-0.3, -0.25) is 4.79 Å². The van der Waals surface area contributed by atoms with E-state index in [1.807, 2.05) is 55.5 Å². The Morgan fingerprint density at radius 3 is 2.47 bits per heavy atom. The van der Waals surface area contributed by atoms with Crippen molar-refractivity contribution in [2.45, 2.75) is 20.0 Å². The highest BCUT2D eigenvalue weighted by molar-refractivity contribution is 9.10. The molecule has 0 spiro atoms. The van der Waals surface area contributed by atoms with E-state index in [1.54, 1.807) is 31.4 Å². The number of rotatable bonds is 9. The highest BCUT2D eigenvalue weighted by atomic mass is 79.9. The first-order valence-corrected chi connectivity index (χ1v) is 11.4. The minimum atomic E-state index is -0.480. The predicted molar refractivity (Wildman–Crippen MR) is 139 cm³/mol. The summed E-state index contributed by atoms with van der Waals surface area (Å²) in [7, 11) is 1.56. The maximum absolute atomic E-state index is 12.7. The van der Waals surface area contributed by atoms with Crippen molar-refractivity contribution < 1.29 is 14.3 Å². The minimum absolute atomic E-state index is 0.0179. The van der Waals surface area contributed by atoms with Gasteiger partial charge in [0.1, 0.15) is 18.2 Å². The number of nitriles is 1. The molecule has 0 aliphatic heterocycles. The molecule has 1 amide bonds. The predicted octanol–water partition coefficient (Wildman–Crippen LogP) is 6.62. The molecule has 0 aliphatic carbocycles. The number of aryl methyl sites for hydroxylation is 1. The molecule has 0 heterocycles. The van der Waals surface area contributed by atoms with Crippen LogP contribution in [0.25, 0.3) is 6.08 Å². The Hall–Kier alpha value is -3.82. The summed E-state index contributed by atoms with van der Waals surface area (Å²) in [6, 6.07) is 20.9. The summed E-state index contributed by atoms with van der Waals surface area (Å²) in [5, 5.41) is 12.4. The van der Waals surface area contributed by atoms with E-state index in [1.165, 1.54) is 6.08 Å². The average molecular weight is 517 g/mol. The van der Waals surface area contributed by atoms with Gasteiger partial charge < -0.3 is 14.8 Å². The van der Waals surface area contributed by atoms with Crippen molar-refractivity contribution >= 4 is 33.6 Å². The maximum Gasteiger partial charge on any atom is 0.266 e. The first-order valence-electron chi connectivity index (χ1n) is 10.6. The number of halogens is 1. The van der Waals surface area contributed by atoms with E-state index in [4.69, 9.17) is 9.47 Å². The van der Waals surface area contributed by atoms with Crippen LogP contribution in [0.5, 0.6) is 11.5 Å². The van der Waals surface area contributed by atoms with Crippen LogP contribution in [0.2, 0.25) is 0 Å². The van der Waals surface area contributed by atoms with Gasteiger partial charge in [0.2, 0.25) is 0 Å². The van der Waals surface area contributed by atoms with Crippen LogP contribution in [0, 0.1) is 18.3 Å². The number of nitrogens with one attached hydrogen (secondary N) is 1. The molecule has 3 rings (SSSR count). The summed E-state index contributed by atoms with van der Waals surface area (Å²) in [6.07, 6.45) is 3.84. The zero-order chi connectivity index (χ0) is 24.5. The van der Waals surface area contributed by atoms with Crippen molar-refractivity contribution in [2.75, 3.05) is 12.4 Å². The van der Waals surface area contributed by atoms with Crippen molar-refractivity contribution in [1.29, 1.82) is 5.26 Å². The van der Waals surface area contributed by atoms with Crippen LogP contribution >= 0.6 is 15.9 Å². The van der Waals surface area contributed by atoms with Gasteiger partial charge >= 0.3 is 0 Å². The Kier molecular flexibility index (Phi) is 8.66. The van der Waals surface area contributed by atoms with Gasteiger partial charge in [-0.25, -0.2) is 0 Å². The lowest BCUT2D eigenvalue weighted by Crippen LogP contribution is -2.13. The first-order chi connectivity index (χ1) is 16.4. The maximum atomic E-state index is 12.7. The van der Waals surface area contributed by atoms with Gasteiger partial charge in [-0.2, -0.15) is 5.26 Å². The molecular formula is C28H25BrN2O3. The van der Waals surface area contributed by atoms with Crippen LogP contribution < -0.4 is 14.8 Å². The van der Waals surface area contributed by atoms with Crippen molar-refractivity contribution in [1.82, 2.24) is 0 Å². The molecular weight excluding hydrogens is 492 g/mol. The van der Waals surface area contributed by atoms with Gasteiger partial charge in [0.05, 0.1) is 7.11 Å². The molecule has 0 radical (unpaired) electrons. The molecule has 0 atom stereocenters. The van der Waals surface area contributed by atoms with Crippen LogP contribution in [0.1, 0.15) is 22.3 Å². The molecule has 1 N–H and O–H groups in total. The van der Waals surface area contributed by atoms with E-state index < -0.39 is 5.91 Å². The number of ether oxygens (including phenoxy) is 2. The first kappa shape index (κ1) is 24.8. The van der Waals surface area contributed by atoms with Crippen LogP contribution in [-0.2, 0) is 17.8 Å². The van der Waals surface area contributed by atoms with Crippen LogP contribution in [-0.4, -0.2) is 13.0 Å². The second-order valence-corrected chi connectivity index (χ2v) is 8.52. The normalized spacial score (nSPS) is 10.8. The van der Waals surface area contributed by atoms with Gasteiger partial charge in [0.25, 0.3) is 5.91 Å². The third-order valence-electron chi connectivity index (χ3n) is 5.02. The van der Waals surface area contributed by atoms with E-state index >= 15 is 0 Å². The number of anilines is 1. The monoisotopic (exact) mass is 516 g/mol. The lowest BCUT2D eigenvalue weighted by atomic mass is 10.0. The Labute approximate surface area is 208 Å². The van der Waals surface area contributed by atoms with E-state index in [0.29, 0.717) is 35.8 Å². The molecule has 0 saturated heterocycles. The van der Waals surface area contributed by atoms with Gasteiger partial charge in [0.15, 0.2) is 11.5 Å². The Balaban J connectivity index is 1.88. The van der Waals surface area contributed by atoms with Gasteiger partial charge in [0, 0.05) is 15.7 Å². The fourth-order valence-electron chi connectivity index (χ4n) is 3.28. The zero-order valence-electron chi connectivity index (χ0n) is 19.1. The summed E-state index contributed by atoms with van der Waals surface area (Å²) < 4.78 is 12.7. The molecule has 6 heteroatoms. The number of methoxy groups -OCH3 is 1. The lowest BCUT2D eigenvalue weighted by molar-refractivity contribution is -0.112. The van der Waals surface area contributed by atoms with E-state index in [2.05, 4.69) is 27.8 Å². The average Bonchev–Trinajstić information content (AvgIpc) is 2.84. The third-order valence-corrected chi connectivity index (χ3v) is 5.55.